The molecule has 2 aromatic carbocycles. The predicted octanol–water partition coefficient (Wildman–Crippen LogP) is 22.1. The van der Waals surface area contributed by atoms with Crippen LogP contribution in [0.3, 0.4) is 0 Å². The normalized spacial score (nSPS) is 12.5. The first kappa shape index (κ1) is 73.3. The minimum Gasteiger partial charge on any atom is -0.280 e. The summed E-state index contributed by atoms with van der Waals surface area (Å²) in [5.74, 6) is -31.2. The molecule has 0 saturated carbocycles. The first-order chi connectivity index (χ1) is 35.7. The van der Waals surface area contributed by atoms with Gasteiger partial charge in [-0.1, -0.05) is 208 Å². The quantitative estimate of drug-likeness (QED) is 0.0172. The third-order valence-corrected chi connectivity index (χ3v) is 14.7. The van der Waals surface area contributed by atoms with E-state index < -0.39 is 106 Å². The van der Waals surface area contributed by atoms with E-state index in [1.165, 1.54) is 161 Å². The van der Waals surface area contributed by atoms with E-state index in [0.717, 1.165) is 6.42 Å². The standard InChI is InChI=1S/C32H68B.C14H3F11.C11H19F6N/c1-5-9-13-17-21-25-29-33(30-26-22-18-14-10-6-2,31-27-23-19-15-11-7-3)32-28-24-20-16-12-8-4;1-2-3(4-7(16)11(20)13(22)12(21)8(4)17)5(14(23,24)25)9(18)10(19)6(2)15;1-3-5-6-7-8-9(12,13)10(14,15)11(16,17)18-4-2/h5-32H2,1-4H3;1H3;18H,3-8H2,1-2H3/q-1;;/p+1. The second-order valence-corrected chi connectivity index (χ2v) is 21.0. The van der Waals surface area contributed by atoms with Crippen molar-refractivity contribution in [3.63, 3.8) is 0 Å². The van der Waals surface area contributed by atoms with Crippen molar-refractivity contribution in [2.45, 2.75) is 284 Å². The van der Waals surface area contributed by atoms with Gasteiger partial charge in [-0.15, -0.1) is 8.78 Å². The maximum Gasteiger partial charge on any atom is 0.458 e. The summed E-state index contributed by atoms with van der Waals surface area (Å²) >= 11 is 0. The van der Waals surface area contributed by atoms with Gasteiger partial charge < -0.3 is 0 Å². The molecule has 2 aromatic rings. The van der Waals surface area contributed by atoms with Crippen molar-refractivity contribution in [3.05, 3.63) is 57.7 Å². The van der Waals surface area contributed by atoms with Gasteiger partial charge in [0.1, 0.15) is 5.56 Å². The molecule has 0 radical (unpaired) electrons. The fourth-order valence-corrected chi connectivity index (χ4v) is 10.0. The molecule has 0 saturated heterocycles. The van der Waals surface area contributed by atoms with Gasteiger partial charge in [0.05, 0.1) is 12.1 Å². The van der Waals surface area contributed by atoms with Crippen molar-refractivity contribution in [1.82, 2.24) is 0 Å². The highest BCUT2D eigenvalue weighted by molar-refractivity contribution is 6.79. The SMILES string of the molecule is CCCCCCC(F)(F)C(F)(F)C(F)(F)[NH2+]CC.CCCCCCCC[B-](CCCCCCCC)(CCCCCCCC)CCCCCCCC.Cc1c(F)c(F)c(F)c(C(F)(F)F)c1-c1c(F)c(F)c(F)c(F)c1F. The number of rotatable bonds is 38. The van der Waals surface area contributed by atoms with Crippen molar-refractivity contribution < 1.29 is 80.0 Å². The minimum atomic E-state index is -5.83. The molecule has 0 unspecified atom stereocenters. The largest absolute Gasteiger partial charge is 0.458 e. The molecule has 446 valence electrons. The van der Waals surface area contributed by atoms with Crippen LogP contribution in [0.1, 0.15) is 239 Å². The summed E-state index contributed by atoms with van der Waals surface area (Å²) < 4.78 is 225. The Morgan fingerprint density at radius 1 is 0.342 bits per heavy atom. The lowest BCUT2D eigenvalue weighted by atomic mass is 9.17. The van der Waals surface area contributed by atoms with Gasteiger partial charge >= 0.3 is 24.1 Å². The first-order valence-electron chi connectivity index (χ1n) is 28.6. The molecular formula is C57H91BF17N. The van der Waals surface area contributed by atoms with Crippen LogP contribution in [0.25, 0.3) is 11.1 Å². The summed E-state index contributed by atoms with van der Waals surface area (Å²) in [6, 6.07) is -4.78. The molecule has 0 bridgehead atoms. The van der Waals surface area contributed by atoms with Gasteiger partial charge in [-0.3, -0.25) is 5.32 Å². The topological polar surface area (TPSA) is 16.6 Å². The Hall–Kier alpha value is -2.73. The Morgan fingerprint density at radius 3 is 0.947 bits per heavy atom. The average Bonchev–Trinajstić information content (AvgIpc) is 3.36. The van der Waals surface area contributed by atoms with Crippen LogP contribution < -0.4 is 5.32 Å². The lowest BCUT2D eigenvalue weighted by molar-refractivity contribution is -0.806. The van der Waals surface area contributed by atoms with Crippen LogP contribution in [-0.4, -0.2) is 30.6 Å². The molecule has 19 heteroatoms. The molecule has 0 aliphatic rings. The van der Waals surface area contributed by atoms with Gasteiger partial charge in [-0.05, 0) is 25.8 Å². The number of halogens is 17. The van der Waals surface area contributed by atoms with E-state index in [-0.39, 0.29) is 17.9 Å². The summed E-state index contributed by atoms with van der Waals surface area (Å²) in [6.07, 6.45) is 36.1. The van der Waals surface area contributed by atoms with Gasteiger partial charge in [0.25, 0.3) is 0 Å². The summed E-state index contributed by atoms with van der Waals surface area (Å²) in [5, 5.41) is -0.0625. The Labute approximate surface area is 444 Å². The van der Waals surface area contributed by atoms with Crippen molar-refractivity contribution >= 4 is 6.15 Å². The molecule has 0 atom stereocenters. The number of alkyl halides is 9. The summed E-state index contributed by atoms with van der Waals surface area (Å²) in [4.78, 5) is 0. The zero-order chi connectivity index (χ0) is 58.2. The van der Waals surface area contributed by atoms with Gasteiger partial charge in [-0.2, -0.15) is 56.0 Å². The predicted molar refractivity (Wildman–Crippen MR) is 276 cm³/mol. The number of unbranched alkanes of at least 4 members (excludes halogenated alkanes) is 23. The van der Waals surface area contributed by atoms with Gasteiger partial charge in [0, 0.05) is 18.1 Å². The van der Waals surface area contributed by atoms with Crippen LogP contribution >= 0.6 is 0 Å². The fourth-order valence-electron chi connectivity index (χ4n) is 10.0. The lowest BCUT2D eigenvalue weighted by Gasteiger charge is -2.41. The number of hydrogen-bond donors (Lipinski definition) is 1. The van der Waals surface area contributed by atoms with Crippen LogP contribution in [0.4, 0.5) is 74.6 Å². The Balaban J connectivity index is 0.00000116. The molecule has 0 aliphatic carbocycles. The second-order valence-electron chi connectivity index (χ2n) is 21.0. The molecule has 0 aliphatic heterocycles. The zero-order valence-electron chi connectivity index (χ0n) is 46.6. The van der Waals surface area contributed by atoms with E-state index in [9.17, 15) is 74.6 Å². The zero-order valence-corrected chi connectivity index (χ0v) is 46.6. The van der Waals surface area contributed by atoms with Gasteiger partial charge in [0.2, 0.25) is 5.82 Å². The van der Waals surface area contributed by atoms with Crippen LogP contribution in [0.5, 0.6) is 0 Å². The van der Waals surface area contributed by atoms with Crippen molar-refractivity contribution in [2.24, 2.45) is 0 Å². The Kier molecular flexibility index (Phi) is 36.7. The molecule has 0 amide bonds. The van der Waals surface area contributed by atoms with E-state index in [1.807, 2.05) is 6.92 Å². The highest BCUT2D eigenvalue weighted by atomic mass is 19.4. The molecule has 0 fully saturated rings. The van der Waals surface area contributed by atoms with Gasteiger partial charge in [0.15, 0.2) is 40.7 Å². The average molecular weight is 1120 g/mol. The van der Waals surface area contributed by atoms with E-state index in [1.54, 1.807) is 25.3 Å². The number of nitrogens with two attached hydrogens (primary N) is 1. The van der Waals surface area contributed by atoms with E-state index in [2.05, 4.69) is 27.7 Å². The van der Waals surface area contributed by atoms with Gasteiger partial charge in [-0.25, -0.2) is 35.1 Å². The summed E-state index contributed by atoms with van der Waals surface area (Å²) in [7, 11) is 0. The number of benzene rings is 2. The molecule has 1 nitrogen and oxygen atoms in total. The number of quaternary nitrogens is 1. The smallest absolute Gasteiger partial charge is 0.280 e. The van der Waals surface area contributed by atoms with Crippen LogP contribution in [0.15, 0.2) is 0 Å². The second kappa shape index (κ2) is 38.0. The number of hydrogen-bond acceptors (Lipinski definition) is 0. The first-order valence-corrected chi connectivity index (χ1v) is 28.6. The molecule has 0 heterocycles. The molecule has 76 heavy (non-hydrogen) atoms. The van der Waals surface area contributed by atoms with E-state index in [4.69, 9.17) is 0 Å². The molecule has 0 spiro atoms. The molecule has 2 N–H and O–H groups in total. The third-order valence-electron chi connectivity index (χ3n) is 14.7. The highest BCUT2D eigenvalue weighted by Gasteiger charge is 2.74. The van der Waals surface area contributed by atoms with Crippen LogP contribution in [0, 0.1) is 53.5 Å². The third kappa shape index (κ3) is 24.3. The van der Waals surface area contributed by atoms with E-state index >= 15 is 0 Å². The van der Waals surface area contributed by atoms with E-state index in [0.29, 0.717) is 19.8 Å². The monoisotopic (exact) mass is 1120 g/mol. The fraction of sp³-hybridized carbons (Fsp3) is 0.789. The summed E-state index contributed by atoms with van der Waals surface area (Å²) in [6.45, 7) is 12.4. The Morgan fingerprint density at radius 2 is 0.632 bits per heavy atom. The molecular weight excluding hydrogens is 1030 g/mol. The molecule has 2 rings (SSSR count). The summed E-state index contributed by atoms with van der Waals surface area (Å²) in [5.41, 5.74) is -8.45. The Bertz CT molecular complexity index is 1770. The van der Waals surface area contributed by atoms with Crippen molar-refractivity contribution in [1.29, 1.82) is 0 Å². The maximum atomic E-state index is 13.8. The van der Waals surface area contributed by atoms with Crippen LogP contribution in [-0.2, 0) is 6.18 Å². The minimum absolute atomic E-state index is 0.0625. The van der Waals surface area contributed by atoms with Crippen LogP contribution in [0.2, 0.25) is 25.3 Å². The molecule has 0 aromatic heterocycles. The van der Waals surface area contributed by atoms with Crippen molar-refractivity contribution in [2.75, 3.05) is 6.54 Å². The van der Waals surface area contributed by atoms with Crippen molar-refractivity contribution in [3.8, 4) is 11.1 Å². The highest BCUT2D eigenvalue weighted by Crippen LogP contribution is 2.47. The lowest BCUT2D eigenvalue weighted by Crippen LogP contribution is -2.99. The maximum absolute atomic E-state index is 13.8.